The fourth-order valence-electron chi connectivity index (χ4n) is 3.93. The van der Waals surface area contributed by atoms with Gasteiger partial charge in [0, 0.05) is 18.6 Å². The van der Waals surface area contributed by atoms with E-state index in [2.05, 4.69) is 25.7 Å². The number of nitrogens with zero attached hydrogens (tertiary/aromatic N) is 1. The molecule has 0 spiro atoms. The molecule has 18 heavy (non-hydrogen) atoms. The van der Waals surface area contributed by atoms with Crippen molar-refractivity contribution in [1.29, 1.82) is 0 Å². The van der Waals surface area contributed by atoms with Gasteiger partial charge >= 0.3 is 0 Å². The second-order valence-corrected chi connectivity index (χ2v) is 7.64. The third kappa shape index (κ3) is 2.91. The van der Waals surface area contributed by atoms with Crippen LogP contribution in [0.15, 0.2) is 0 Å². The van der Waals surface area contributed by atoms with Crippen molar-refractivity contribution in [3.05, 3.63) is 0 Å². The predicted octanol–water partition coefficient (Wildman–Crippen LogP) is 3.41. The average molecular weight is 252 g/mol. The van der Waals surface area contributed by atoms with E-state index in [1.165, 1.54) is 58.0 Å². The molecule has 0 aromatic rings. The van der Waals surface area contributed by atoms with Crippen molar-refractivity contribution < 1.29 is 0 Å². The number of likely N-dealkylation sites (tertiary alicyclic amines) is 1. The molecule has 0 radical (unpaired) electrons. The van der Waals surface area contributed by atoms with Crippen LogP contribution in [0.5, 0.6) is 0 Å². The third-order valence-electron chi connectivity index (χ3n) is 5.50. The Morgan fingerprint density at radius 1 is 1.11 bits per heavy atom. The smallest absolute Gasteiger partial charge is 0.0331 e. The van der Waals surface area contributed by atoms with Crippen molar-refractivity contribution in [1.82, 2.24) is 4.90 Å². The van der Waals surface area contributed by atoms with Crippen molar-refractivity contribution in [2.75, 3.05) is 19.6 Å². The highest BCUT2D eigenvalue weighted by atomic mass is 15.2. The molecule has 0 aromatic heterocycles. The molecule has 0 aromatic carbocycles. The normalized spacial score (nSPS) is 30.3. The standard InChI is InChI=1S/C16H32N2/c1-15(2,3)14-8-11-18(12-14)16(13-17)9-6-4-5-7-10-16/h14H,4-13,17H2,1-3H3. The molecule has 1 aliphatic heterocycles. The highest BCUT2D eigenvalue weighted by Crippen LogP contribution is 2.40. The molecule has 0 amide bonds. The quantitative estimate of drug-likeness (QED) is 0.763. The summed E-state index contributed by atoms with van der Waals surface area (Å²) in [6.07, 6.45) is 9.63. The van der Waals surface area contributed by atoms with Gasteiger partial charge in [0.25, 0.3) is 0 Å². The Morgan fingerprint density at radius 3 is 2.17 bits per heavy atom. The number of nitrogens with two attached hydrogens (primary N) is 1. The summed E-state index contributed by atoms with van der Waals surface area (Å²) in [5, 5.41) is 0. The maximum atomic E-state index is 6.20. The zero-order chi connectivity index (χ0) is 13.2. The van der Waals surface area contributed by atoms with E-state index in [-0.39, 0.29) is 0 Å². The third-order valence-corrected chi connectivity index (χ3v) is 5.50. The topological polar surface area (TPSA) is 29.3 Å². The number of hydrogen-bond donors (Lipinski definition) is 1. The highest BCUT2D eigenvalue weighted by molar-refractivity contribution is 4.98. The Bertz CT molecular complexity index is 259. The zero-order valence-corrected chi connectivity index (χ0v) is 12.7. The summed E-state index contributed by atoms with van der Waals surface area (Å²) in [7, 11) is 0. The molecule has 1 aliphatic carbocycles. The molecule has 1 saturated carbocycles. The van der Waals surface area contributed by atoms with Gasteiger partial charge in [0.2, 0.25) is 0 Å². The molecular weight excluding hydrogens is 220 g/mol. The van der Waals surface area contributed by atoms with Crippen LogP contribution in [0.1, 0.15) is 65.7 Å². The molecule has 1 heterocycles. The summed E-state index contributed by atoms with van der Waals surface area (Å²) in [6, 6.07) is 0. The Balaban J connectivity index is 2.05. The maximum Gasteiger partial charge on any atom is 0.0331 e. The first-order valence-corrected chi connectivity index (χ1v) is 7.93. The zero-order valence-electron chi connectivity index (χ0n) is 12.7. The molecule has 2 nitrogen and oxygen atoms in total. The van der Waals surface area contributed by atoms with Crippen LogP contribution in [-0.4, -0.2) is 30.1 Å². The predicted molar refractivity (Wildman–Crippen MR) is 78.6 cm³/mol. The second-order valence-electron chi connectivity index (χ2n) is 7.64. The van der Waals surface area contributed by atoms with Gasteiger partial charge in [-0.1, -0.05) is 46.5 Å². The summed E-state index contributed by atoms with van der Waals surface area (Å²) < 4.78 is 0. The van der Waals surface area contributed by atoms with Gasteiger partial charge in [0.15, 0.2) is 0 Å². The van der Waals surface area contributed by atoms with Gasteiger partial charge in [-0.05, 0) is 37.1 Å². The van der Waals surface area contributed by atoms with Gasteiger partial charge in [0.1, 0.15) is 0 Å². The molecule has 1 saturated heterocycles. The average Bonchev–Trinajstić information content (AvgIpc) is 2.70. The van der Waals surface area contributed by atoms with Crippen LogP contribution >= 0.6 is 0 Å². The number of rotatable bonds is 2. The van der Waals surface area contributed by atoms with E-state index in [1.807, 2.05) is 0 Å². The molecule has 2 fully saturated rings. The van der Waals surface area contributed by atoms with E-state index in [0.29, 0.717) is 11.0 Å². The van der Waals surface area contributed by atoms with Gasteiger partial charge in [-0.25, -0.2) is 0 Å². The Labute approximate surface area is 113 Å². The minimum Gasteiger partial charge on any atom is -0.329 e. The van der Waals surface area contributed by atoms with Gasteiger partial charge in [0.05, 0.1) is 0 Å². The van der Waals surface area contributed by atoms with E-state index < -0.39 is 0 Å². The summed E-state index contributed by atoms with van der Waals surface area (Å²) in [6.45, 7) is 10.6. The van der Waals surface area contributed by atoms with Gasteiger partial charge < -0.3 is 5.73 Å². The highest BCUT2D eigenvalue weighted by Gasteiger charge is 2.42. The molecule has 2 heteroatoms. The summed E-state index contributed by atoms with van der Waals surface area (Å²) in [5.74, 6) is 0.851. The maximum absolute atomic E-state index is 6.20. The van der Waals surface area contributed by atoms with Crippen molar-refractivity contribution in [2.45, 2.75) is 71.3 Å². The minimum atomic E-state index is 0.344. The van der Waals surface area contributed by atoms with E-state index in [9.17, 15) is 0 Å². The first kappa shape index (κ1) is 14.3. The minimum absolute atomic E-state index is 0.344. The van der Waals surface area contributed by atoms with Crippen LogP contribution in [-0.2, 0) is 0 Å². The van der Waals surface area contributed by atoms with Crippen LogP contribution in [0.4, 0.5) is 0 Å². The second kappa shape index (κ2) is 5.50. The van der Waals surface area contributed by atoms with Crippen molar-refractivity contribution in [2.24, 2.45) is 17.1 Å². The van der Waals surface area contributed by atoms with E-state index in [1.54, 1.807) is 0 Å². The molecule has 1 atom stereocenters. The first-order chi connectivity index (χ1) is 8.48. The lowest BCUT2D eigenvalue weighted by molar-refractivity contribution is 0.0913. The summed E-state index contributed by atoms with van der Waals surface area (Å²) in [5.41, 5.74) is 7.00. The molecule has 106 valence electrons. The largest absolute Gasteiger partial charge is 0.329 e. The summed E-state index contributed by atoms with van der Waals surface area (Å²) in [4.78, 5) is 2.76. The monoisotopic (exact) mass is 252 g/mol. The lowest BCUT2D eigenvalue weighted by Crippen LogP contribution is -2.53. The fourth-order valence-corrected chi connectivity index (χ4v) is 3.93. The molecule has 2 aliphatic rings. The van der Waals surface area contributed by atoms with Gasteiger partial charge in [-0.15, -0.1) is 0 Å². The van der Waals surface area contributed by atoms with Gasteiger partial charge in [-0.2, -0.15) is 0 Å². The molecule has 1 unspecified atom stereocenters. The molecule has 2 N–H and O–H groups in total. The van der Waals surface area contributed by atoms with Crippen molar-refractivity contribution >= 4 is 0 Å². The van der Waals surface area contributed by atoms with Crippen LogP contribution < -0.4 is 5.73 Å². The Hall–Kier alpha value is -0.0800. The molecule has 2 rings (SSSR count). The number of hydrogen-bond acceptors (Lipinski definition) is 2. The molecular formula is C16H32N2. The van der Waals surface area contributed by atoms with Crippen LogP contribution in [0.3, 0.4) is 0 Å². The SMILES string of the molecule is CC(C)(C)C1CCN(C2(CN)CCCCCC2)C1. The lowest BCUT2D eigenvalue weighted by atomic mass is 9.80. The Kier molecular flexibility index (Phi) is 4.38. The van der Waals surface area contributed by atoms with Crippen LogP contribution in [0.2, 0.25) is 0 Å². The van der Waals surface area contributed by atoms with Crippen molar-refractivity contribution in [3.63, 3.8) is 0 Å². The van der Waals surface area contributed by atoms with E-state index in [0.717, 1.165) is 12.5 Å². The molecule has 0 bridgehead atoms. The van der Waals surface area contributed by atoms with E-state index in [4.69, 9.17) is 5.73 Å². The van der Waals surface area contributed by atoms with Crippen molar-refractivity contribution in [3.8, 4) is 0 Å². The van der Waals surface area contributed by atoms with E-state index >= 15 is 0 Å². The Morgan fingerprint density at radius 2 is 1.72 bits per heavy atom. The van der Waals surface area contributed by atoms with Crippen LogP contribution in [0.25, 0.3) is 0 Å². The summed E-state index contributed by atoms with van der Waals surface area (Å²) >= 11 is 0. The first-order valence-electron chi connectivity index (χ1n) is 7.93. The van der Waals surface area contributed by atoms with Gasteiger partial charge in [-0.3, -0.25) is 4.90 Å². The fraction of sp³-hybridized carbons (Fsp3) is 1.00. The lowest BCUT2D eigenvalue weighted by Gasteiger charge is -2.41. The van der Waals surface area contributed by atoms with Crippen LogP contribution in [0, 0.1) is 11.3 Å².